The first-order valence-electron chi connectivity index (χ1n) is 9.85. The van der Waals surface area contributed by atoms with Crippen LogP contribution in [-0.2, 0) is 11.3 Å². The van der Waals surface area contributed by atoms with Crippen LogP contribution < -0.4 is 16.0 Å². The summed E-state index contributed by atoms with van der Waals surface area (Å²) in [5, 5.41) is 13.6. The van der Waals surface area contributed by atoms with Crippen LogP contribution in [0, 0.1) is 5.41 Å². The Bertz CT molecular complexity index is 621. The lowest BCUT2D eigenvalue weighted by molar-refractivity contribution is -0.122. The van der Waals surface area contributed by atoms with Gasteiger partial charge >= 0.3 is 0 Å². The zero-order valence-electron chi connectivity index (χ0n) is 16.1. The lowest BCUT2D eigenvalue weighted by Crippen LogP contribution is -2.42. The van der Waals surface area contributed by atoms with Crippen LogP contribution in [0.25, 0.3) is 0 Å². The summed E-state index contributed by atoms with van der Waals surface area (Å²) in [5.41, 5.74) is 0.657. The molecular weight excluding hydrogens is 366 g/mol. The molecule has 2 fully saturated rings. The molecule has 7 nitrogen and oxygen atoms in total. The number of piperidine rings is 1. The standard InChI is InChI=1S/C19H31N5O2.ClH/c1-19(7-9-20-10-8-19)14-21-18(26)15-11-22-24(12-15)13-17(25)23-16-5-3-2-4-6-16;/h11-12,16,20H,2-10,13-14H2,1H3,(H,21,26)(H,23,25);1H. The molecule has 0 spiro atoms. The van der Waals surface area contributed by atoms with Gasteiger partial charge < -0.3 is 16.0 Å². The average Bonchev–Trinajstić information content (AvgIpc) is 3.09. The van der Waals surface area contributed by atoms with Crippen molar-refractivity contribution in [2.75, 3.05) is 19.6 Å². The Morgan fingerprint density at radius 3 is 2.67 bits per heavy atom. The minimum Gasteiger partial charge on any atom is -0.352 e. The quantitative estimate of drug-likeness (QED) is 0.683. The molecule has 8 heteroatoms. The summed E-state index contributed by atoms with van der Waals surface area (Å²) in [4.78, 5) is 24.5. The maximum absolute atomic E-state index is 12.4. The molecule has 3 rings (SSSR count). The summed E-state index contributed by atoms with van der Waals surface area (Å²) < 4.78 is 1.54. The molecule has 0 radical (unpaired) electrons. The summed E-state index contributed by atoms with van der Waals surface area (Å²) in [6.45, 7) is 5.04. The van der Waals surface area contributed by atoms with Gasteiger partial charge in [0.05, 0.1) is 11.8 Å². The van der Waals surface area contributed by atoms with E-state index in [1.807, 2.05) is 0 Å². The second-order valence-corrected chi connectivity index (χ2v) is 8.07. The van der Waals surface area contributed by atoms with Gasteiger partial charge in [-0.3, -0.25) is 14.3 Å². The highest BCUT2D eigenvalue weighted by atomic mass is 35.5. The fourth-order valence-electron chi connectivity index (χ4n) is 3.84. The predicted octanol–water partition coefficient (Wildman–Crippen LogP) is 1.87. The van der Waals surface area contributed by atoms with E-state index < -0.39 is 0 Å². The first-order chi connectivity index (χ1) is 12.5. The molecule has 152 valence electrons. The van der Waals surface area contributed by atoms with Crippen LogP contribution in [0.15, 0.2) is 12.4 Å². The van der Waals surface area contributed by atoms with Gasteiger partial charge in [0.15, 0.2) is 0 Å². The third-order valence-electron chi connectivity index (χ3n) is 5.66. The van der Waals surface area contributed by atoms with Crippen molar-refractivity contribution in [3.8, 4) is 0 Å². The number of amides is 2. The van der Waals surface area contributed by atoms with E-state index in [0.29, 0.717) is 18.2 Å². The number of nitrogens with zero attached hydrogens (tertiary/aromatic N) is 2. The number of carbonyl (C=O) groups is 2. The summed E-state index contributed by atoms with van der Waals surface area (Å²) in [5.74, 6) is -0.155. The zero-order chi connectivity index (χ0) is 18.4. The van der Waals surface area contributed by atoms with Gasteiger partial charge in [-0.1, -0.05) is 26.2 Å². The fraction of sp³-hybridized carbons (Fsp3) is 0.737. The van der Waals surface area contributed by atoms with E-state index in [9.17, 15) is 9.59 Å². The third-order valence-corrected chi connectivity index (χ3v) is 5.66. The van der Waals surface area contributed by atoms with Crippen LogP contribution >= 0.6 is 12.4 Å². The molecule has 2 aliphatic rings. The third kappa shape index (κ3) is 6.50. The smallest absolute Gasteiger partial charge is 0.254 e. The first kappa shape index (κ1) is 21.7. The highest BCUT2D eigenvalue weighted by Gasteiger charge is 2.27. The molecule has 0 bridgehead atoms. The molecule has 2 amide bonds. The Hall–Kier alpha value is -1.60. The molecule has 3 N–H and O–H groups in total. The number of hydrogen-bond acceptors (Lipinski definition) is 4. The van der Waals surface area contributed by atoms with Gasteiger partial charge in [0.2, 0.25) is 5.91 Å². The Kier molecular flexibility index (Phi) is 8.10. The van der Waals surface area contributed by atoms with Gasteiger partial charge in [-0.25, -0.2) is 0 Å². The number of hydrogen-bond donors (Lipinski definition) is 3. The van der Waals surface area contributed by atoms with Crippen molar-refractivity contribution in [3.05, 3.63) is 18.0 Å². The van der Waals surface area contributed by atoms with E-state index in [2.05, 4.69) is 28.0 Å². The maximum atomic E-state index is 12.4. The van der Waals surface area contributed by atoms with Crippen molar-refractivity contribution in [2.45, 2.75) is 64.5 Å². The topological polar surface area (TPSA) is 88.0 Å². The summed E-state index contributed by atoms with van der Waals surface area (Å²) >= 11 is 0. The molecule has 2 heterocycles. The molecule has 0 aromatic carbocycles. The molecule has 1 saturated heterocycles. The maximum Gasteiger partial charge on any atom is 0.254 e. The second-order valence-electron chi connectivity index (χ2n) is 8.07. The summed E-state index contributed by atoms with van der Waals surface area (Å²) in [7, 11) is 0. The number of carbonyl (C=O) groups excluding carboxylic acids is 2. The van der Waals surface area contributed by atoms with Gasteiger partial charge in [-0.15, -0.1) is 12.4 Å². The molecule has 1 saturated carbocycles. The molecule has 27 heavy (non-hydrogen) atoms. The van der Waals surface area contributed by atoms with Crippen LogP contribution in [0.3, 0.4) is 0 Å². The van der Waals surface area contributed by atoms with Crippen molar-refractivity contribution < 1.29 is 9.59 Å². The van der Waals surface area contributed by atoms with Crippen molar-refractivity contribution in [2.24, 2.45) is 5.41 Å². The van der Waals surface area contributed by atoms with Crippen LogP contribution in [0.5, 0.6) is 0 Å². The summed E-state index contributed by atoms with van der Waals surface area (Å²) in [6, 6.07) is 0.292. The number of nitrogens with one attached hydrogen (secondary N) is 3. The molecule has 1 aliphatic heterocycles. The second kappa shape index (κ2) is 10.1. The van der Waals surface area contributed by atoms with Gasteiger partial charge in [-0.05, 0) is 44.2 Å². The molecule has 0 unspecified atom stereocenters. The van der Waals surface area contributed by atoms with E-state index >= 15 is 0 Å². The van der Waals surface area contributed by atoms with Crippen molar-refractivity contribution in [1.82, 2.24) is 25.7 Å². The van der Waals surface area contributed by atoms with Crippen molar-refractivity contribution in [1.29, 1.82) is 0 Å². The normalized spacial score (nSPS) is 19.7. The molecule has 1 aromatic rings. The highest BCUT2D eigenvalue weighted by molar-refractivity contribution is 5.93. The molecule has 1 aromatic heterocycles. The Morgan fingerprint density at radius 2 is 1.96 bits per heavy atom. The van der Waals surface area contributed by atoms with Gasteiger partial charge in [0.1, 0.15) is 6.54 Å². The van der Waals surface area contributed by atoms with Crippen LogP contribution in [0.2, 0.25) is 0 Å². The monoisotopic (exact) mass is 397 g/mol. The molecule has 0 atom stereocenters. The summed E-state index contributed by atoms with van der Waals surface area (Å²) in [6.07, 6.45) is 11.1. The fourth-order valence-corrected chi connectivity index (χ4v) is 3.84. The van der Waals surface area contributed by atoms with E-state index in [0.717, 1.165) is 38.8 Å². The largest absolute Gasteiger partial charge is 0.352 e. The lowest BCUT2D eigenvalue weighted by atomic mass is 9.81. The van der Waals surface area contributed by atoms with Crippen molar-refractivity contribution in [3.63, 3.8) is 0 Å². The van der Waals surface area contributed by atoms with E-state index in [4.69, 9.17) is 0 Å². The van der Waals surface area contributed by atoms with Crippen LogP contribution in [0.4, 0.5) is 0 Å². The molecular formula is C19H32ClN5O2. The first-order valence-corrected chi connectivity index (χ1v) is 9.85. The minimum absolute atomic E-state index is 0. The van der Waals surface area contributed by atoms with Crippen molar-refractivity contribution >= 4 is 24.2 Å². The highest BCUT2D eigenvalue weighted by Crippen LogP contribution is 2.26. The van der Waals surface area contributed by atoms with Gasteiger partial charge in [0, 0.05) is 18.8 Å². The van der Waals surface area contributed by atoms with E-state index in [1.54, 1.807) is 10.9 Å². The Morgan fingerprint density at radius 1 is 1.26 bits per heavy atom. The zero-order valence-corrected chi connectivity index (χ0v) is 16.9. The Balaban J connectivity index is 0.00000261. The predicted molar refractivity (Wildman–Crippen MR) is 107 cm³/mol. The number of rotatable bonds is 6. The number of aromatic nitrogens is 2. The van der Waals surface area contributed by atoms with E-state index in [-0.39, 0.29) is 36.2 Å². The minimum atomic E-state index is -0.122. The lowest BCUT2D eigenvalue weighted by Gasteiger charge is -2.34. The SMILES string of the molecule is CC1(CNC(=O)c2cnn(CC(=O)NC3CCCCC3)c2)CCNCC1.Cl. The Labute approximate surface area is 167 Å². The van der Waals surface area contributed by atoms with Crippen LogP contribution in [0.1, 0.15) is 62.2 Å². The van der Waals surface area contributed by atoms with Crippen LogP contribution in [-0.4, -0.2) is 47.3 Å². The average molecular weight is 398 g/mol. The van der Waals surface area contributed by atoms with E-state index in [1.165, 1.54) is 25.5 Å². The number of halogens is 1. The molecule has 1 aliphatic carbocycles. The van der Waals surface area contributed by atoms with Gasteiger partial charge in [0.25, 0.3) is 5.91 Å². The van der Waals surface area contributed by atoms with Gasteiger partial charge in [-0.2, -0.15) is 5.10 Å².